The van der Waals surface area contributed by atoms with Crippen LogP contribution in [0, 0.1) is 5.92 Å². The molecule has 0 saturated carbocycles. The first-order valence-corrected chi connectivity index (χ1v) is 9.28. The molecule has 144 valence electrons. The number of Topliss-reactive ketones (excluding diaryl/α,β-unsaturated/α-hetero) is 1. The molecule has 1 amide bonds. The van der Waals surface area contributed by atoms with Crippen LogP contribution in [0.15, 0.2) is 29.0 Å². The van der Waals surface area contributed by atoms with Gasteiger partial charge in [-0.1, -0.05) is 0 Å². The van der Waals surface area contributed by atoms with E-state index in [-0.39, 0.29) is 29.9 Å². The second-order valence-electron chi connectivity index (χ2n) is 8.30. The van der Waals surface area contributed by atoms with E-state index in [1.807, 2.05) is 20.8 Å². The lowest BCUT2D eigenvalue weighted by atomic mass is 9.81. The van der Waals surface area contributed by atoms with Crippen molar-refractivity contribution in [3.05, 3.63) is 30.2 Å². The van der Waals surface area contributed by atoms with Gasteiger partial charge < -0.3 is 13.9 Å². The molecule has 0 N–H and O–H groups in total. The number of aromatic nitrogens is 1. The normalized spacial score (nSPS) is 25.4. The maximum absolute atomic E-state index is 13.1. The molecule has 2 atom stereocenters. The van der Waals surface area contributed by atoms with Crippen molar-refractivity contribution in [1.29, 1.82) is 0 Å². The van der Waals surface area contributed by atoms with E-state index >= 15 is 0 Å². The van der Waals surface area contributed by atoms with Gasteiger partial charge in [0.2, 0.25) is 0 Å². The number of morpholine rings is 1. The van der Waals surface area contributed by atoms with Crippen molar-refractivity contribution in [2.45, 2.75) is 51.3 Å². The summed E-state index contributed by atoms with van der Waals surface area (Å²) in [5, 5.41) is 0. The van der Waals surface area contributed by atoms with Gasteiger partial charge in [0.15, 0.2) is 17.8 Å². The number of ketones is 1. The Morgan fingerprint density at radius 2 is 1.89 bits per heavy atom. The van der Waals surface area contributed by atoms with E-state index in [0.717, 1.165) is 0 Å². The molecule has 2 aromatic rings. The van der Waals surface area contributed by atoms with Gasteiger partial charge in [0.1, 0.15) is 11.1 Å². The number of hydrogen-bond acceptors (Lipinski definition) is 6. The van der Waals surface area contributed by atoms with Crippen molar-refractivity contribution in [3.8, 4) is 0 Å². The average molecular weight is 372 g/mol. The number of ether oxygens (including phenoxy) is 2. The number of carbonyl (C=O) groups is 2. The van der Waals surface area contributed by atoms with E-state index in [2.05, 4.69) is 4.98 Å². The van der Waals surface area contributed by atoms with Crippen molar-refractivity contribution in [2.24, 2.45) is 5.92 Å². The largest absolute Gasteiger partial charge is 0.444 e. The average Bonchev–Trinajstić information content (AvgIpc) is 3.06. The fourth-order valence-electron chi connectivity index (χ4n) is 3.99. The summed E-state index contributed by atoms with van der Waals surface area (Å²) < 4.78 is 16.4. The number of hydrogen-bond donors (Lipinski definition) is 0. The number of oxazole rings is 1. The van der Waals surface area contributed by atoms with E-state index < -0.39 is 5.60 Å². The van der Waals surface area contributed by atoms with Crippen LogP contribution in [0.4, 0.5) is 4.79 Å². The maximum Gasteiger partial charge on any atom is 0.410 e. The Kier molecular flexibility index (Phi) is 4.42. The Morgan fingerprint density at radius 1 is 1.19 bits per heavy atom. The second-order valence-corrected chi connectivity index (χ2v) is 8.30. The molecule has 2 bridgehead atoms. The lowest BCUT2D eigenvalue weighted by Crippen LogP contribution is -2.60. The molecule has 2 saturated heterocycles. The van der Waals surface area contributed by atoms with E-state index in [1.165, 1.54) is 6.39 Å². The zero-order chi connectivity index (χ0) is 19.2. The topological polar surface area (TPSA) is 81.9 Å². The molecule has 0 radical (unpaired) electrons. The van der Waals surface area contributed by atoms with Crippen LogP contribution in [-0.2, 0) is 9.47 Å². The van der Waals surface area contributed by atoms with Crippen LogP contribution in [0.5, 0.6) is 0 Å². The summed E-state index contributed by atoms with van der Waals surface area (Å²) in [6, 6.07) is 5.04. The lowest BCUT2D eigenvalue weighted by molar-refractivity contribution is -0.0861. The molecular formula is C20H24N2O5. The van der Waals surface area contributed by atoms with E-state index in [0.29, 0.717) is 42.7 Å². The molecule has 2 aliphatic heterocycles. The van der Waals surface area contributed by atoms with Crippen molar-refractivity contribution in [1.82, 2.24) is 9.88 Å². The zero-order valence-electron chi connectivity index (χ0n) is 15.8. The minimum atomic E-state index is -0.550. The van der Waals surface area contributed by atoms with Gasteiger partial charge in [-0.25, -0.2) is 9.78 Å². The van der Waals surface area contributed by atoms with Crippen LogP contribution in [-0.4, -0.2) is 52.7 Å². The number of rotatable bonds is 2. The first kappa shape index (κ1) is 18.0. The predicted molar refractivity (Wildman–Crippen MR) is 97.5 cm³/mol. The number of carbonyl (C=O) groups excluding carboxylic acids is 2. The number of fused-ring (bicyclic) bond motifs is 3. The summed E-state index contributed by atoms with van der Waals surface area (Å²) in [4.78, 5) is 31.6. The molecule has 1 aromatic carbocycles. The fourth-order valence-corrected chi connectivity index (χ4v) is 3.99. The van der Waals surface area contributed by atoms with Gasteiger partial charge in [-0.05, 0) is 51.8 Å². The SMILES string of the molecule is CC(C)(C)OC(=O)N1C2COCC1CC(C(=O)c1ccc3ocnc3c1)C2. The third-order valence-electron chi connectivity index (χ3n) is 5.11. The van der Waals surface area contributed by atoms with Crippen LogP contribution < -0.4 is 0 Å². The quantitative estimate of drug-likeness (QED) is 0.751. The smallest absolute Gasteiger partial charge is 0.410 e. The molecule has 4 rings (SSSR count). The van der Waals surface area contributed by atoms with Crippen LogP contribution in [0.2, 0.25) is 0 Å². The molecular weight excluding hydrogens is 348 g/mol. The molecule has 7 heteroatoms. The minimum Gasteiger partial charge on any atom is -0.444 e. The van der Waals surface area contributed by atoms with Crippen molar-refractivity contribution >= 4 is 23.0 Å². The fraction of sp³-hybridized carbons (Fsp3) is 0.550. The summed E-state index contributed by atoms with van der Waals surface area (Å²) in [6.07, 6.45) is 2.20. The third-order valence-corrected chi connectivity index (χ3v) is 5.11. The molecule has 7 nitrogen and oxygen atoms in total. The van der Waals surface area contributed by atoms with Crippen LogP contribution in [0.25, 0.3) is 11.1 Å². The molecule has 2 fully saturated rings. The summed E-state index contributed by atoms with van der Waals surface area (Å²) in [5.41, 5.74) is 1.42. The van der Waals surface area contributed by atoms with E-state index in [4.69, 9.17) is 13.9 Å². The number of benzene rings is 1. The van der Waals surface area contributed by atoms with E-state index in [1.54, 1.807) is 23.1 Å². The summed E-state index contributed by atoms with van der Waals surface area (Å²) >= 11 is 0. The molecule has 0 aliphatic carbocycles. The highest BCUT2D eigenvalue weighted by Crippen LogP contribution is 2.35. The Bertz CT molecular complexity index is 855. The first-order chi connectivity index (χ1) is 12.8. The predicted octanol–water partition coefficient (Wildman–Crippen LogP) is 3.43. The molecule has 27 heavy (non-hydrogen) atoms. The summed E-state index contributed by atoms with van der Waals surface area (Å²) in [6.45, 7) is 6.43. The molecule has 0 spiro atoms. The van der Waals surface area contributed by atoms with Gasteiger partial charge in [0, 0.05) is 11.5 Å². The first-order valence-electron chi connectivity index (χ1n) is 9.28. The van der Waals surface area contributed by atoms with E-state index in [9.17, 15) is 9.59 Å². The highest BCUT2D eigenvalue weighted by molar-refractivity contribution is 6.00. The van der Waals surface area contributed by atoms with Crippen LogP contribution in [0.3, 0.4) is 0 Å². The molecule has 1 aromatic heterocycles. The molecule has 3 heterocycles. The van der Waals surface area contributed by atoms with Gasteiger partial charge in [0.25, 0.3) is 0 Å². The van der Waals surface area contributed by atoms with Gasteiger partial charge in [-0.2, -0.15) is 0 Å². The Balaban J connectivity index is 1.52. The minimum absolute atomic E-state index is 0.0839. The molecule has 2 unspecified atom stereocenters. The number of piperidine rings is 1. The van der Waals surface area contributed by atoms with Crippen molar-refractivity contribution < 1.29 is 23.5 Å². The summed E-state index contributed by atoms with van der Waals surface area (Å²) in [5.74, 6) is -0.0624. The van der Waals surface area contributed by atoms with Crippen molar-refractivity contribution in [2.75, 3.05) is 13.2 Å². The second kappa shape index (κ2) is 6.64. The summed E-state index contributed by atoms with van der Waals surface area (Å²) in [7, 11) is 0. The van der Waals surface area contributed by atoms with Gasteiger partial charge in [-0.15, -0.1) is 0 Å². The highest BCUT2D eigenvalue weighted by atomic mass is 16.6. The van der Waals surface area contributed by atoms with Crippen molar-refractivity contribution in [3.63, 3.8) is 0 Å². The van der Waals surface area contributed by atoms with Gasteiger partial charge in [-0.3, -0.25) is 9.69 Å². The Hall–Kier alpha value is -2.41. The van der Waals surface area contributed by atoms with Gasteiger partial charge in [0.05, 0.1) is 25.3 Å². The van der Waals surface area contributed by atoms with Gasteiger partial charge >= 0.3 is 6.09 Å². The number of amides is 1. The maximum atomic E-state index is 13.1. The Labute approximate surface area is 157 Å². The van der Waals surface area contributed by atoms with Crippen LogP contribution >= 0.6 is 0 Å². The zero-order valence-corrected chi connectivity index (χ0v) is 15.8. The molecule has 2 aliphatic rings. The van der Waals surface area contributed by atoms with Crippen LogP contribution in [0.1, 0.15) is 44.0 Å². The number of nitrogens with zero attached hydrogens (tertiary/aromatic N) is 2. The Morgan fingerprint density at radius 3 is 2.56 bits per heavy atom. The highest BCUT2D eigenvalue weighted by Gasteiger charge is 2.45. The third kappa shape index (κ3) is 3.56. The monoisotopic (exact) mass is 372 g/mol. The lowest BCUT2D eigenvalue weighted by Gasteiger charge is -2.47. The standard InChI is InChI=1S/C20H24N2O5/c1-20(2,3)27-19(24)22-14-6-13(7-15(22)10-25-9-14)18(23)12-4-5-17-16(8-12)21-11-26-17/h4-5,8,11,13-15H,6-7,9-10H2,1-3H3.